The van der Waals surface area contributed by atoms with Gasteiger partial charge in [-0.1, -0.05) is 52.2 Å². The van der Waals surface area contributed by atoms with Gasteiger partial charge in [0.25, 0.3) is 11.8 Å². The molecule has 0 bridgehead atoms. The second-order valence-corrected chi connectivity index (χ2v) is 13.3. The van der Waals surface area contributed by atoms with E-state index in [0.717, 1.165) is 51.8 Å². The summed E-state index contributed by atoms with van der Waals surface area (Å²) in [6, 6.07) is 9.72. The molecule has 2 saturated heterocycles. The van der Waals surface area contributed by atoms with Crippen molar-refractivity contribution in [1.82, 2.24) is 9.44 Å². The maximum Gasteiger partial charge on any atom is 0.326 e. The van der Waals surface area contributed by atoms with Gasteiger partial charge in [-0.3, -0.25) is 9.59 Å². The normalized spacial score (nSPS) is 17.4. The second kappa shape index (κ2) is 12.8. The topological polar surface area (TPSA) is 173 Å². The van der Waals surface area contributed by atoms with E-state index in [4.69, 9.17) is 0 Å². The van der Waals surface area contributed by atoms with E-state index in [1.54, 1.807) is 24.3 Å². The quantitative estimate of drug-likeness (QED) is 0.320. The first-order valence-electron chi connectivity index (χ1n) is 13.0. The molecule has 2 amide bonds. The number of anilines is 2. The number of carbonyl (C=O) groups excluding carboxylic acids is 2. The molecule has 0 radical (unpaired) electrons. The number of phenols is 2. The summed E-state index contributed by atoms with van der Waals surface area (Å²) in [4.78, 5) is 22.4. The Balaban J connectivity index is 0.000000222. The highest BCUT2D eigenvalue weighted by Gasteiger charge is 2.36. The Morgan fingerprint density at radius 3 is 1.65 bits per heavy atom. The van der Waals surface area contributed by atoms with Crippen molar-refractivity contribution in [1.29, 1.82) is 0 Å². The standard InChI is InChI=1S/C14H20N2O4S.C12H16N2O4S/c1-2-3-4-5-6-11-7-8-12(13(17)9-11)16-10-14(18)15-21(16,19)20;1-8(2)5-9-3-4-10(11(15)6-9)14-7-12(16)13-19(14,17)18/h7-9,17H,2-6,10H2,1H3,(H,15,18);3-4,6,8,15H,5,7H2,1-2H3,(H,13,16). The van der Waals surface area contributed by atoms with Gasteiger partial charge >= 0.3 is 20.4 Å². The molecule has 0 unspecified atom stereocenters. The van der Waals surface area contributed by atoms with Gasteiger partial charge in [0.05, 0.1) is 11.4 Å². The maximum atomic E-state index is 11.7. The number of phenolic OH excluding ortho intramolecular Hbond substituents is 2. The number of aryl methyl sites for hydroxylation is 1. The molecule has 0 aromatic heterocycles. The van der Waals surface area contributed by atoms with Gasteiger partial charge in [0.2, 0.25) is 0 Å². The Morgan fingerprint density at radius 2 is 1.25 bits per heavy atom. The second-order valence-electron chi connectivity index (χ2n) is 10.1. The van der Waals surface area contributed by atoms with Gasteiger partial charge in [0.1, 0.15) is 24.6 Å². The highest BCUT2D eigenvalue weighted by atomic mass is 32.2. The van der Waals surface area contributed by atoms with Crippen molar-refractivity contribution in [3.05, 3.63) is 47.5 Å². The summed E-state index contributed by atoms with van der Waals surface area (Å²) in [6.45, 7) is 5.65. The predicted octanol–water partition coefficient (Wildman–Crippen LogP) is 2.47. The molecule has 220 valence electrons. The van der Waals surface area contributed by atoms with Crippen molar-refractivity contribution < 1.29 is 36.6 Å². The molecule has 2 aromatic carbocycles. The molecule has 2 aromatic rings. The molecule has 4 N–H and O–H groups in total. The predicted molar refractivity (Wildman–Crippen MR) is 151 cm³/mol. The number of hydrogen-bond donors (Lipinski definition) is 4. The third-order valence-electron chi connectivity index (χ3n) is 6.22. The van der Waals surface area contributed by atoms with Crippen LogP contribution in [0.4, 0.5) is 11.4 Å². The molecule has 14 heteroatoms. The van der Waals surface area contributed by atoms with E-state index in [9.17, 15) is 36.6 Å². The van der Waals surface area contributed by atoms with Gasteiger partial charge in [-0.2, -0.15) is 16.8 Å². The van der Waals surface area contributed by atoms with Crippen LogP contribution < -0.4 is 18.1 Å². The zero-order valence-corrected chi connectivity index (χ0v) is 24.4. The summed E-state index contributed by atoms with van der Waals surface area (Å²) < 4.78 is 52.3. The third kappa shape index (κ3) is 7.78. The van der Waals surface area contributed by atoms with Crippen LogP contribution in [0.25, 0.3) is 0 Å². The lowest BCUT2D eigenvalue weighted by Gasteiger charge is -2.17. The van der Waals surface area contributed by atoms with Gasteiger partial charge in [0.15, 0.2) is 0 Å². The number of aromatic hydroxyl groups is 2. The summed E-state index contributed by atoms with van der Waals surface area (Å²) >= 11 is 0. The molecule has 40 heavy (non-hydrogen) atoms. The first kappa shape index (κ1) is 31.0. The number of benzene rings is 2. The Morgan fingerprint density at radius 1 is 0.775 bits per heavy atom. The Bertz CT molecular complexity index is 1460. The SMILES string of the molecule is CC(C)Cc1ccc(N2CC(=O)NS2(=O)=O)c(O)c1.CCCCCCc1ccc(N2CC(=O)NS2(=O)=O)c(O)c1. The van der Waals surface area contributed by atoms with Crippen LogP contribution in [0, 0.1) is 5.92 Å². The number of amides is 2. The van der Waals surface area contributed by atoms with Crippen LogP contribution in [0.3, 0.4) is 0 Å². The molecule has 12 nitrogen and oxygen atoms in total. The highest BCUT2D eigenvalue weighted by Crippen LogP contribution is 2.33. The molecule has 0 saturated carbocycles. The molecule has 2 heterocycles. The monoisotopic (exact) mass is 596 g/mol. The van der Waals surface area contributed by atoms with Crippen LogP contribution in [-0.4, -0.2) is 52.0 Å². The summed E-state index contributed by atoms with van der Waals surface area (Å²) in [5.74, 6) is -1.03. The van der Waals surface area contributed by atoms with Gasteiger partial charge in [-0.25, -0.2) is 18.1 Å². The average Bonchev–Trinajstić information content (AvgIpc) is 3.28. The summed E-state index contributed by atoms with van der Waals surface area (Å²) in [6.07, 6.45) is 6.16. The first-order valence-corrected chi connectivity index (χ1v) is 15.9. The molecule has 2 fully saturated rings. The number of rotatable bonds is 9. The lowest BCUT2D eigenvalue weighted by molar-refractivity contribution is -0.118. The van der Waals surface area contributed by atoms with Gasteiger partial charge in [-0.15, -0.1) is 0 Å². The Hall–Kier alpha value is -3.52. The smallest absolute Gasteiger partial charge is 0.326 e. The molecule has 2 aliphatic heterocycles. The minimum Gasteiger partial charge on any atom is -0.506 e. The fourth-order valence-corrected chi connectivity index (χ4v) is 6.72. The Kier molecular flexibility index (Phi) is 9.90. The van der Waals surface area contributed by atoms with Crippen LogP contribution in [0.1, 0.15) is 57.6 Å². The van der Waals surface area contributed by atoms with Crippen molar-refractivity contribution in [2.45, 2.75) is 59.3 Å². The van der Waals surface area contributed by atoms with E-state index in [2.05, 4.69) is 20.8 Å². The van der Waals surface area contributed by atoms with Crippen LogP contribution in [-0.2, 0) is 42.8 Å². The van der Waals surface area contributed by atoms with Gasteiger partial charge in [0, 0.05) is 0 Å². The first-order chi connectivity index (χ1) is 18.7. The van der Waals surface area contributed by atoms with Crippen molar-refractivity contribution in [2.75, 3.05) is 21.7 Å². The number of unbranched alkanes of at least 4 members (excludes halogenated alkanes) is 3. The van der Waals surface area contributed by atoms with Crippen LogP contribution >= 0.6 is 0 Å². The lowest BCUT2D eigenvalue weighted by atomic mass is 10.0. The third-order valence-corrected chi connectivity index (χ3v) is 9.00. The minimum absolute atomic E-state index is 0.117. The number of hydrogen-bond acceptors (Lipinski definition) is 8. The number of nitrogens with one attached hydrogen (secondary N) is 2. The summed E-state index contributed by atoms with van der Waals surface area (Å²) in [5, 5.41) is 20.0. The van der Waals surface area contributed by atoms with Gasteiger partial charge < -0.3 is 10.2 Å². The molecule has 4 rings (SSSR count). The van der Waals surface area contributed by atoms with Crippen LogP contribution in [0.5, 0.6) is 11.5 Å². The number of nitrogens with zero attached hydrogens (tertiary/aromatic N) is 2. The average molecular weight is 597 g/mol. The van der Waals surface area contributed by atoms with E-state index in [-0.39, 0.29) is 36.0 Å². The summed E-state index contributed by atoms with van der Waals surface area (Å²) in [7, 11) is -7.75. The maximum absolute atomic E-state index is 11.7. The molecule has 0 aliphatic carbocycles. The Labute approximate surface area is 235 Å². The highest BCUT2D eigenvalue weighted by molar-refractivity contribution is 7.92. The van der Waals surface area contributed by atoms with Gasteiger partial charge in [-0.05, 0) is 60.6 Å². The van der Waals surface area contributed by atoms with E-state index < -0.39 is 32.2 Å². The van der Waals surface area contributed by atoms with E-state index in [1.165, 1.54) is 18.6 Å². The van der Waals surface area contributed by atoms with Crippen LogP contribution in [0.15, 0.2) is 36.4 Å². The molecular weight excluding hydrogens is 560 g/mol. The van der Waals surface area contributed by atoms with E-state index in [0.29, 0.717) is 5.92 Å². The van der Waals surface area contributed by atoms with E-state index in [1.807, 2.05) is 9.44 Å². The largest absolute Gasteiger partial charge is 0.506 e. The van der Waals surface area contributed by atoms with Crippen LogP contribution in [0.2, 0.25) is 0 Å². The number of carbonyl (C=O) groups is 2. The molecule has 2 aliphatic rings. The van der Waals surface area contributed by atoms with Crippen molar-refractivity contribution in [3.63, 3.8) is 0 Å². The zero-order valence-electron chi connectivity index (χ0n) is 22.8. The van der Waals surface area contributed by atoms with Crippen molar-refractivity contribution in [2.24, 2.45) is 5.92 Å². The fourth-order valence-electron chi connectivity index (χ4n) is 4.39. The fraction of sp³-hybridized carbons (Fsp3) is 0.462. The zero-order chi connectivity index (χ0) is 29.7. The lowest BCUT2D eigenvalue weighted by Crippen LogP contribution is -2.29. The van der Waals surface area contributed by atoms with E-state index >= 15 is 0 Å². The van der Waals surface area contributed by atoms with Crippen molar-refractivity contribution >= 4 is 43.6 Å². The minimum atomic E-state index is -3.88. The molecule has 0 atom stereocenters. The summed E-state index contributed by atoms with van der Waals surface area (Å²) in [5.41, 5.74) is 2.13. The molecular formula is C26H36N4O8S2. The molecule has 0 spiro atoms. The van der Waals surface area contributed by atoms with Crippen molar-refractivity contribution in [3.8, 4) is 11.5 Å².